The number of hydrogen-bond acceptors (Lipinski definition) is 3. The van der Waals surface area contributed by atoms with Gasteiger partial charge in [-0.3, -0.25) is 4.79 Å². The second-order valence-electron chi connectivity index (χ2n) is 5.13. The number of aromatic hydroxyl groups is 1. The zero-order chi connectivity index (χ0) is 15.2. The lowest BCUT2D eigenvalue weighted by Crippen LogP contribution is -2.09. The van der Waals surface area contributed by atoms with E-state index in [4.69, 9.17) is 0 Å². The topological polar surface area (TPSA) is 49.3 Å². The highest BCUT2D eigenvalue weighted by Crippen LogP contribution is 2.18. The van der Waals surface area contributed by atoms with E-state index in [1.54, 1.807) is 36.4 Å². The SMILES string of the molecule is CC(C)Nc1ccc(C(=O)/C=C/c2ccccc2O)cc1. The van der Waals surface area contributed by atoms with Gasteiger partial charge in [-0.15, -0.1) is 0 Å². The number of anilines is 1. The summed E-state index contributed by atoms with van der Waals surface area (Å²) >= 11 is 0. The van der Waals surface area contributed by atoms with Gasteiger partial charge in [-0.05, 0) is 56.3 Å². The number of carbonyl (C=O) groups excluding carboxylic acids is 1. The van der Waals surface area contributed by atoms with Crippen molar-refractivity contribution in [3.05, 3.63) is 65.7 Å². The second kappa shape index (κ2) is 6.75. The van der Waals surface area contributed by atoms with E-state index in [1.165, 1.54) is 6.08 Å². The maximum atomic E-state index is 12.1. The minimum absolute atomic E-state index is 0.0886. The molecule has 0 atom stereocenters. The number of rotatable bonds is 5. The van der Waals surface area contributed by atoms with Gasteiger partial charge in [0.2, 0.25) is 0 Å². The van der Waals surface area contributed by atoms with Crippen LogP contribution in [0.15, 0.2) is 54.6 Å². The first kappa shape index (κ1) is 14.9. The van der Waals surface area contributed by atoms with Crippen molar-refractivity contribution in [2.75, 3.05) is 5.32 Å². The molecule has 21 heavy (non-hydrogen) atoms. The summed E-state index contributed by atoms with van der Waals surface area (Å²) in [5.41, 5.74) is 2.24. The predicted octanol–water partition coefficient (Wildman–Crippen LogP) is 4.11. The molecule has 3 heteroatoms. The van der Waals surface area contributed by atoms with Crippen LogP contribution in [0, 0.1) is 0 Å². The van der Waals surface area contributed by atoms with Crippen molar-refractivity contribution >= 4 is 17.5 Å². The van der Waals surface area contributed by atoms with E-state index in [0.717, 1.165) is 5.69 Å². The number of phenols is 1. The van der Waals surface area contributed by atoms with Crippen LogP contribution < -0.4 is 5.32 Å². The van der Waals surface area contributed by atoms with Gasteiger partial charge < -0.3 is 10.4 Å². The third-order valence-corrected chi connectivity index (χ3v) is 2.98. The van der Waals surface area contributed by atoms with Crippen LogP contribution in [0.3, 0.4) is 0 Å². The van der Waals surface area contributed by atoms with Crippen molar-refractivity contribution in [2.45, 2.75) is 19.9 Å². The largest absolute Gasteiger partial charge is 0.507 e. The summed E-state index contributed by atoms with van der Waals surface area (Å²) in [5.74, 6) is 0.0763. The van der Waals surface area contributed by atoms with Crippen molar-refractivity contribution in [1.29, 1.82) is 0 Å². The number of ketones is 1. The highest BCUT2D eigenvalue weighted by molar-refractivity contribution is 6.07. The van der Waals surface area contributed by atoms with E-state index in [2.05, 4.69) is 19.2 Å². The van der Waals surface area contributed by atoms with Crippen molar-refractivity contribution < 1.29 is 9.90 Å². The first-order valence-corrected chi connectivity index (χ1v) is 6.93. The number of hydrogen-bond donors (Lipinski definition) is 2. The zero-order valence-electron chi connectivity index (χ0n) is 12.2. The molecule has 0 aliphatic carbocycles. The van der Waals surface area contributed by atoms with E-state index in [9.17, 15) is 9.90 Å². The van der Waals surface area contributed by atoms with E-state index in [1.807, 2.05) is 18.2 Å². The minimum atomic E-state index is -0.0886. The average molecular weight is 281 g/mol. The third kappa shape index (κ3) is 4.21. The van der Waals surface area contributed by atoms with Crippen LogP contribution in [0.25, 0.3) is 6.08 Å². The molecule has 0 aliphatic rings. The molecule has 0 amide bonds. The average Bonchev–Trinajstić information content (AvgIpc) is 2.46. The number of para-hydroxylation sites is 1. The molecular weight excluding hydrogens is 262 g/mol. The summed E-state index contributed by atoms with van der Waals surface area (Å²) in [4.78, 5) is 12.1. The lowest BCUT2D eigenvalue weighted by Gasteiger charge is -2.09. The standard InChI is InChI=1S/C18H19NO2/c1-13(2)19-16-10-7-15(8-11-16)18(21)12-9-14-5-3-4-6-17(14)20/h3-13,19-20H,1-2H3/b12-9+. The van der Waals surface area contributed by atoms with Crippen molar-refractivity contribution in [3.8, 4) is 5.75 Å². The van der Waals surface area contributed by atoms with Crippen LogP contribution in [0.4, 0.5) is 5.69 Å². The molecule has 0 spiro atoms. The first-order chi connectivity index (χ1) is 10.1. The summed E-state index contributed by atoms with van der Waals surface area (Å²) in [5, 5.41) is 12.9. The highest BCUT2D eigenvalue weighted by Gasteiger charge is 2.03. The fourth-order valence-electron chi connectivity index (χ4n) is 1.95. The maximum Gasteiger partial charge on any atom is 0.185 e. The molecule has 0 bridgehead atoms. The molecule has 0 fully saturated rings. The van der Waals surface area contributed by atoms with Crippen molar-refractivity contribution in [1.82, 2.24) is 0 Å². The van der Waals surface area contributed by atoms with Crippen LogP contribution >= 0.6 is 0 Å². The molecular formula is C18H19NO2. The molecule has 0 aliphatic heterocycles. The molecule has 0 unspecified atom stereocenters. The Morgan fingerprint density at radius 3 is 2.38 bits per heavy atom. The Balaban J connectivity index is 2.08. The molecule has 0 saturated carbocycles. The minimum Gasteiger partial charge on any atom is -0.507 e. The van der Waals surface area contributed by atoms with Gasteiger partial charge in [0.1, 0.15) is 5.75 Å². The molecule has 3 nitrogen and oxygen atoms in total. The van der Waals surface area contributed by atoms with E-state index in [-0.39, 0.29) is 11.5 Å². The molecule has 0 heterocycles. The maximum absolute atomic E-state index is 12.1. The lowest BCUT2D eigenvalue weighted by atomic mass is 10.1. The third-order valence-electron chi connectivity index (χ3n) is 2.98. The number of benzene rings is 2. The number of nitrogens with one attached hydrogen (secondary N) is 1. The highest BCUT2D eigenvalue weighted by atomic mass is 16.3. The molecule has 2 aromatic rings. The molecule has 0 aromatic heterocycles. The number of carbonyl (C=O) groups is 1. The predicted molar refractivity (Wildman–Crippen MR) is 86.7 cm³/mol. The monoisotopic (exact) mass is 281 g/mol. The van der Waals surface area contributed by atoms with E-state index < -0.39 is 0 Å². The molecule has 2 rings (SSSR count). The Morgan fingerprint density at radius 1 is 1.10 bits per heavy atom. The molecule has 108 valence electrons. The molecule has 2 aromatic carbocycles. The van der Waals surface area contributed by atoms with Gasteiger partial charge in [0.05, 0.1) is 0 Å². The second-order valence-corrected chi connectivity index (χ2v) is 5.13. The fraction of sp³-hybridized carbons (Fsp3) is 0.167. The summed E-state index contributed by atoms with van der Waals surface area (Å²) in [7, 11) is 0. The van der Waals surface area contributed by atoms with Gasteiger partial charge >= 0.3 is 0 Å². The number of phenolic OH excluding ortho intramolecular Hbond substituents is 1. The molecule has 2 N–H and O–H groups in total. The Labute approximate surface area is 124 Å². The Bertz CT molecular complexity index is 643. The zero-order valence-corrected chi connectivity index (χ0v) is 12.2. The smallest absolute Gasteiger partial charge is 0.185 e. The molecule has 0 radical (unpaired) electrons. The summed E-state index contributed by atoms with van der Waals surface area (Å²) in [6.07, 6.45) is 3.10. The van der Waals surface area contributed by atoms with Crippen LogP contribution in [-0.4, -0.2) is 16.9 Å². The first-order valence-electron chi connectivity index (χ1n) is 6.93. The van der Waals surface area contributed by atoms with Crippen LogP contribution in [-0.2, 0) is 0 Å². The van der Waals surface area contributed by atoms with E-state index in [0.29, 0.717) is 17.2 Å². The summed E-state index contributed by atoms with van der Waals surface area (Å²) < 4.78 is 0. The van der Waals surface area contributed by atoms with Gasteiger partial charge in [-0.1, -0.05) is 18.2 Å². The van der Waals surface area contributed by atoms with Crippen molar-refractivity contribution in [2.24, 2.45) is 0 Å². The summed E-state index contributed by atoms with van der Waals surface area (Å²) in [6, 6.07) is 14.6. The lowest BCUT2D eigenvalue weighted by molar-refractivity contribution is 0.104. The fourth-order valence-corrected chi connectivity index (χ4v) is 1.95. The van der Waals surface area contributed by atoms with Crippen LogP contribution in [0.5, 0.6) is 5.75 Å². The Morgan fingerprint density at radius 2 is 1.76 bits per heavy atom. The van der Waals surface area contributed by atoms with Gasteiger partial charge in [0, 0.05) is 22.9 Å². The van der Waals surface area contributed by atoms with Crippen LogP contribution in [0.2, 0.25) is 0 Å². The number of allylic oxidation sites excluding steroid dienone is 1. The van der Waals surface area contributed by atoms with Crippen molar-refractivity contribution in [3.63, 3.8) is 0 Å². The summed E-state index contributed by atoms with van der Waals surface area (Å²) in [6.45, 7) is 4.13. The van der Waals surface area contributed by atoms with Gasteiger partial charge in [0.25, 0.3) is 0 Å². The molecule has 0 saturated heterocycles. The van der Waals surface area contributed by atoms with Gasteiger partial charge in [0.15, 0.2) is 5.78 Å². The quantitative estimate of drug-likeness (QED) is 0.640. The van der Waals surface area contributed by atoms with Gasteiger partial charge in [-0.2, -0.15) is 0 Å². The van der Waals surface area contributed by atoms with Crippen LogP contribution in [0.1, 0.15) is 29.8 Å². The Hall–Kier alpha value is -2.55. The van der Waals surface area contributed by atoms with Gasteiger partial charge in [-0.25, -0.2) is 0 Å². The Kier molecular flexibility index (Phi) is 4.77. The van der Waals surface area contributed by atoms with E-state index >= 15 is 0 Å². The normalized spacial score (nSPS) is 11.0.